The fraction of sp³-hybridized carbons (Fsp3) is 0.267. The number of benzene rings is 1. The molecule has 0 spiro atoms. The number of ether oxygens (including phenoxy) is 1. The lowest BCUT2D eigenvalue weighted by Gasteiger charge is -2.05. The molecule has 0 bridgehead atoms. The smallest absolute Gasteiger partial charge is 0.337 e. The van der Waals surface area contributed by atoms with Crippen LogP contribution in [0.5, 0.6) is 5.75 Å². The van der Waals surface area contributed by atoms with E-state index >= 15 is 0 Å². The predicted octanol–water partition coefficient (Wildman–Crippen LogP) is 3.65. The highest BCUT2D eigenvalue weighted by molar-refractivity contribution is 5.91. The highest BCUT2D eigenvalue weighted by Gasteiger charge is 2.18. The third-order valence-corrected chi connectivity index (χ3v) is 3.12. The van der Waals surface area contributed by atoms with E-state index in [1.165, 1.54) is 25.3 Å². The van der Waals surface area contributed by atoms with E-state index in [2.05, 4.69) is 4.98 Å². The molecule has 0 atom stereocenters. The van der Waals surface area contributed by atoms with Crippen molar-refractivity contribution in [2.45, 2.75) is 19.8 Å². The number of H-pyrrole nitrogens is 1. The van der Waals surface area contributed by atoms with Crippen molar-refractivity contribution in [3.8, 4) is 17.0 Å². The van der Waals surface area contributed by atoms with Crippen LogP contribution in [0, 0.1) is 5.82 Å². The Balaban J connectivity index is 2.50. The summed E-state index contributed by atoms with van der Waals surface area (Å²) in [6, 6.07) is 6.05. The first-order valence-corrected chi connectivity index (χ1v) is 6.24. The first-order valence-electron chi connectivity index (χ1n) is 6.24. The third-order valence-electron chi connectivity index (χ3n) is 3.12. The second-order valence-electron chi connectivity index (χ2n) is 4.82. The van der Waals surface area contributed by atoms with Gasteiger partial charge in [0, 0.05) is 17.0 Å². The van der Waals surface area contributed by atoms with Gasteiger partial charge in [-0.1, -0.05) is 13.8 Å². The van der Waals surface area contributed by atoms with Gasteiger partial charge < -0.3 is 14.8 Å². The summed E-state index contributed by atoms with van der Waals surface area (Å²) in [7, 11) is 1.39. The second-order valence-corrected chi connectivity index (χ2v) is 4.82. The molecule has 0 aliphatic heterocycles. The Hall–Kier alpha value is -2.30. The van der Waals surface area contributed by atoms with Gasteiger partial charge in [0.05, 0.1) is 12.7 Å². The van der Waals surface area contributed by atoms with Crippen LogP contribution in [0.4, 0.5) is 4.39 Å². The molecule has 0 unspecified atom stereocenters. The molecule has 0 fully saturated rings. The lowest BCUT2D eigenvalue weighted by molar-refractivity contribution is 0.0695. The maximum Gasteiger partial charge on any atom is 0.337 e. The van der Waals surface area contributed by atoms with Crippen molar-refractivity contribution in [1.29, 1.82) is 0 Å². The molecule has 4 nitrogen and oxygen atoms in total. The minimum atomic E-state index is -0.995. The van der Waals surface area contributed by atoms with Gasteiger partial charge in [-0.05, 0) is 30.2 Å². The van der Waals surface area contributed by atoms with E-state index in [0.29, 0.717) is 17.0 Å². The monoisotopic (exact) mass is 277 g/mol. The van der Waals surface area contributed by atoms with Gasteiger partial charge in [-0.3, -0.25) is 0 Å². The molecule has 2 aromatic rings. The normalized spacial score (nSPS) is 10.8. The van der Waals surface area contributed by atoms with Crippen molar-refractivity contribution in [3.05, 3.63) is 41.3 Å². The number of methoxy groups -OCH3 is 1. The van der Waals surface area contributed by atoms with Crippen LogP contribution < -0.4 is 4.74 Å². The fourth-order valence-corrected chi connectivity index (χ4v) is 2.09. The quantitative estimate of drug-likeness (QED) is 0.896. The Morgan fingerprint density at radius 3 is 2.50 bits per heavy atom. The number of hydrogen-bond donors (Lipinski definition) is 2. The van der Waals surface area contributed by atoms with Crippen LogP contribution >= 0.6 is 0 Å². The Morgan fingerprint density at radius 1 is 1.35 bits per heavy atom. The number of hydrogen-bond acceptors (Lipinski definition) is 2. The van der Waals surface area contributed by atoms with Gasteiger partial charge in [-0.15, -0.1) is 0 Å². The van der Waals surface area contributed by atoms with Crippen molar-refractivity contribution >= 4 is 5.97 Å². The van der Waals surface area contributed by atoms with Gasteiger partial charge in [0.2, 0.25) is 0 Å². The summed E-state index contributed by atoms with van der Waals surface area (Å²) in [6.45, 7) is 3.80. The lowest BCUT2D eigenvalue weighted by atomic mass is 10.1. The van der Waals surface area contributed by atoms with Crippen LogP contribution in [0.15, 0.2) is 24.3 Å². The number of aromatic carboxylic acids is 1. The Labute approximate surface area is 116 Å². The van der Waals surface area contributed by atoms with Gasteiger partial charge >= 0.3 is 5.97 Å². The standard InChI is InChI=1S/C15H16FNO3/c1-8(2)14-10(15(18)19)7-12(17-14)9-4-5-13(20-3)11(16)6-9/h4-8,17H,1-3H3,(H,18,19). The molecular weight excluding hydrogens is 261 g/mol. The summed E-state index contributed by atoms with van der Waals surface area (Å²) in [5.41, 5.74) is 2.00. The summed E-state index contributed by atoms with van der Waals surface area (Å²) >= 11 is 0. The molecule has 1 aromatic carbocycles. The molecule has 1 heterocycles. The number of rotatable bonds is 4. The number of halogens is 1. The SMILES string of the molecule is COc1ccc(-c2cc(C(=O)O)c(C(C)C)[nH]2)cc1F. The minimum Gasteiger partial charge on any atom is -0.494 e. The number of nitrogens with one attached hydrogen (secondary N) is 1. The van der Waals surface area contributed by atoms with Crippen molar-refractivity contribution < 1.29 is 19.0 Å². The topological polar surface area (TPSA) is 62.3 Å². The third kappa shape index (κ3) is 2.52. The number of aromatic nitrogens is 1. The van der Waals surface area contributed by atoms with Crippen LogP contribution in [-0.4, -0.2) is 23.2 Å². The number of aromatic amines is 1. The van der Waals surface area contributed by atoms with Crippen molar-refractivity contribution in [2.75, 3.05) is 7.11 Å². The summed E-state index contributed by atoms with van der Waals surface area (Å²) in [5.74, 6) is -1.28. The Morgan fingerprint density at radius 2 is 2.05 bits per heavy atom. The average molecular weight is 277 g/mol. The maximum absolute atomic E-state index is 13.7. The molecule has 2 N–H and O–H groups in total. The van der Waals surface area contributed by atoms with Gasteiger partial charge in [0.25, 0.3) is 0 Å². The number of carbonyl (C=O) groups is 1. The molecule has 2 rings (SSSR count). The summed E-state index contributed by atoms with van der Waals surface area (Å²) in [6.07, 6.45) is 0. The number of carboxylic acids is 1. The summed E-state index contributed by atoms with van der Waals surface area (Å²) in [5, 5.41) is 9.20. The highest BCUT2D eigenvalue weighted by atomic mass is 19.1. The van der Waals surface area contributed by atoms with Crippen molar-refractivity contribution in [1.82, 2.24) is 4.98 Å². The Bertz CT molecular complexity index is 647. The molecule has 106 valence electrons. The van der Waals surface area contributed by atoms with E-state index < -0.39 is 11.8 Å². The van der Waals surface area contributed by atoms with E-state index in [1.807, 2.05) is 13.8 Å². The second kappa shape index (κ2) is 5.36. The maximum atomic E-state index is 13.7. The lowest BCUT2D eigenvalue weighted by Crippen LogP contribution is -2.01. The zero-order chi connectivity index (χ0) is 14.9. The average Bonchev–Trinajstić information content (AvgIpc) is 2.84. The van der Waals surface area contributed by atoms with Gasteiger partial charge in [-0.2, -0.15) is 0 Å². The van der Waals surface area contributed by atoms with Gasteiger partial charge in [0.15, 0.2) is 11.6 Å². The largest absolute Gasteiger partial charge is 0.494 e. The molecule has 0 aliphatic rings. The van der Waals surface area contributed by atoms with E-state index in [0.717, 1.165) is 0 Å². The van der Waals surface area contributed by atoms with E-state index in [9.17, 15) is 14.3 Å². The van der Waals surface area contributed by atoms with Gasteiger partial charge in [0.1, 0.15) is 0 Å². The van der Waals surface area contributed by atoms with Crippen LogP contribution in [0.1, 0.15) is 35.8 Å². The Kier molecular flexibility index (Phi) is 3.79. The molecule has 0 saturated carbocycles. The first-order chi connectivity index (χ1) is 9.43. The fourth-order valence-electron chi connectivity index (χ4n) is 2.09. The molecule has 0 radical (unpaired) electrons. The molecule has 20 heavy (non-hydrogen) atoms. The molecular formula is C15H16FNO3. The van der Waals surface area contributed by atoms with Crippen LogP contribution in [0.3, 0.4) is 0 Å². The number of carboxylic acid groups (broad SMARTS) is 1. The predicted molar refractivity (Wildman–Crippen MR) is 73.8 cm³/mol. The van der Waals surface area contributed by atoms with E-state index in [-0.39, 0.29) is 17.2 Å². The molecule has 0 saturated heterocycles. The summed E-state index contributed by atoms with van der Waals surface area (Å²) < 4.78 is 18.6. The highest BCUT2D eigenvalue weighted by Crippen LogP contribution is 2.29. The van der Waals surface area contributed by atoms with Crippen molar-refractivity contribution in [2.24, 2.45) is 0 Å². The van der Waals surface area contributed by atoms with Crippen LogP contribution in [0.25, 0.3) is 11.3 Å². The van der Waals surface area contributed by atoms with E-state index in [4.69, 9.17) is 4.74 Å². The first kappa shape index (κ1) is 14.1. The van der Waals surface area contributed by atoms with Crippen molar-refractivity contribution in [3.63, 3.8) is 0 Å². The molecule has 5 heteroatoms. The summed E-state index contributed by atoms with van der Waals surface area (Å²) in [4.78, 5) is 14.3. The zero-order valence-corrected chi connectivity index (χ0v) is 11.5. The van der Waals surface area contributed by atoms with Crippen LogP contribution in [-0.2, 0) is 0 Å². The minimum absolute atomic E-state index is 0.0398. The zero-order valence-electron chi connectivity index (χ0n) is 11.5. The van der Waals surface area contributed by atoms with E-state index in [1.54, 1.807) is 6.07 Å². The molecule has 0 aliphatic carbocycles. The molecule has 0 amide bonds. The molecule has 1 aromatic heterocycles. The van der Waals surface area contributed by atoms with Gasteiger partial charge in [-0.25, -0.2) is 9.18 Å². The van der Waals surface area contributed by atoms with Crippen LogP contribution in [0.2, 0.25) is 0 Å².